The molecule has 0 fully saturated rings. The van der Waals surface area contributed by atoms with E-state index in [2.05, 4.69) is 0 Å². The zero-order valence-corrected chi connectivity index (χ0v) is 12.1. The largest absolute Gasteiger partial charge is 0.481 e. The van der Waals surface area contributed by atoms with Gasteiger partial charge in [0.2, 0.25) is 0 Å². The van der Waals surface area contributed by atoms with Crippen LogP contribution in [0.3, 0.4) is 0 Å². The topological polar surface area (TPSA) is 83.7 Å². The lowest BCUT2D eigenvalue weighted by atomic mass is 10.1. The molecule has 1 unspecified atom stereocenters. The van der Waals surface area contributed by atoms with Gasteiger partial charge in [-0.2, -0.15) is 0 Å². The van der Waals surface area contributed by atoms with Gasteiger partial charge in [-0.05, 0) is 25.6 Å². The Labute approximate surface area is 122 Å². The Morgan fingerprint density at radius 2 is 2.20 bits per heavy atom. The van der Waals surface area contributed by atoms with Crippen molar-refractivity contribution in [2.24, 2.45) is 0 Å². The summed E-state index contributed by atoms with van der Waals surface area (Å²) < 4.78 is 0. The van der Waals surface area contributed by atoms with Crippen LogP contribution in [0.1, 0.15) is 25.8 Å². The van der Waals surface area contributed by atoms with Gasteiger partial charge in [-0.1, -0.05) is 18.5 Å². The van der Waals surface area contributed by atoms with Crippen molar-refractivity contribution in [3.63, 3.8) is 0 Å². The maximum atomic E-state index is 11.0. The summed E-state index contributed by atoms with van der Waals surface area (Å²) in [4.78, 5) is 23.2. The Morgan fingerprint density at radius 1 is 1.55 bits per heavy atom. The summed E-state index contributed by atoms with van der Waals surface area (Å²) >= 11 is 5.88. The summed E-state index contributed by atoms with van der Waals surface area (Å²) in [5.41, 5.74) is 0.483. The van der Waals surface area contributed by atoms with Crippen molar-refractivity contribution in [3.05, 3.63) is 38.9 Å². The fourth-order valence-electron chi connectivity index (χ4n) is 2.04. The molecule has 0 spiro atoms. The van der Waals surface area contributed by atoms with Gasteiger partial charge in [0, 0.05) is 29.2 Å². The first-order valence-corrected chi connectivity index (χ1v) is 6.61. The van der Waals surface area contributed by atoms with Gasteiger partial charge >= 0.3 is 5.97 Å². The van der Waals surface area contributed by atoms with Gasteiger partial charge in [-0.15, -0.1) is 0 Å². The van der Waals surface area contributed by atoms with Crippen molar-refractivity contribution < 1.29 is 14.8 Å². The molecule has 110 valence electrons. The van der Waals surface area contributed by atoms with E-state index in [1.54, 1.807) is 13.0 Å². The van der Waals surface area contributed by atoms with Gasteiger partial charge in [0.05, 0.1) is 11.3 Å². The van der Waals surface area contributed by atoms with E-state index in [1.165, 1.54) is 12.1 Å². The zero-order valence-electron chi connectivity index (χ0n) is 11.4. The Balaban J connectivity index is 2.97. The van der Waals surface area contributed by atoms with Crippen molar-refractivity contribution in [1.82, 2.24) is 4.90 Å². The quantitative estimate of drug-likeness (QED) is 0.618. The molecule has 0 heterocycles. The molecular weight excluding hydrogens is 284 g/mol. The summed E-state index contributed by atoms with van der Waals surface area (Å²) in [6.07, 6.45) is -0.0117. The highest BCUT2D eigenvalue weighted by molar-refractivity contribution is 6.30. The number of aliphatic carboxylic acids is 1. The van der Waals surface area contributed by atoms with Crippen LogP contribution in [0, 0.1) is 10.1 Å². The Morgan fingerprint density at radius 3 is 2.70 bits per heavy atom. The number of nitro groups is 1. The number of nitrogens with zero attached hydrogens (tertiary/aromatic N) is 2. The van der Waals surface area contributed by atoms with Gasteiger partial charge in [-0.3, -0.25) is 19.8 Å². The minimum absolute atomic E-state index is 0.00428. The summed E-state index contributed by atoms with van der Waals surface area (Å²) in [5.74, 6) is -0.892. The highest BCUT2D eigenvalue weighted by Crippen LogP contribution is 2.25. The first-order valence-electron chi connectivity index (χ1n) is 6.23. The van der Waals surface area contributed by atoms with Crippen molar-refractivity contribution in [2.75, 3.05) is 6.54 Å². The van der Waals surface area contributed by atoms with E-state index < -0.39 is 10.9 Å². The molecule has 0 radical (unpaired) electrons. The number of benzene rings is 1. The molecule has 1 aromatic carbocycles. The molecule has 7 heteroatoms. The van der Waals surface area contributed by atoms with Crippen molar-refractivity contribution >= 4 is 23.3 Å². The van der Waals surface area contributed by atoms with Crippen LogP contribution in [0.15, 0.2) is 18.2 Å². The molecule has 20 heavy (non-hydrogen) atoms. The predicted octanol–water partition coefficient (Wildman–Crippen LogP) is 2.93. The molecule has 0 bridgehead atoms. The van der Waals surface area contributed by atoms with Gasteiger partial charge < -0.3 is 5.11 Å². The van der Waals surface area contributed by atoms with Crippen LogP contribution in [0.4, 0.5) is 5.69 Å². The van der Waals surface area contributed by atoms with E-state index in [4.69, 9.17) is 16.7 Å². The predicted molar refractivity (Wildman–Crippen MR) is 75.9 cm³/mol. The lowest BCUT2D eigenvalue weighted by Crippen LogP contribution is -2.34. The summed E-state index contributed by atoms with van der Waals surface area (Å²) in [7, 11) is 0. The van der Waals surface area contributed by atoms with Gasteiger partial charge in [0.15, 0.2) is 0 Å². The third-order valence-electron chi connectivity index (χ3n) is 3.11. The molecule has 0 saturated heterocycles. The monoisotopic (exact) mass is 300 g/mol. The standard InChI is InChI=1S/C13H17ClN2O4/c1-3-15(9(2)6-13(17)18)8-10-7-11(14)4-5-12(10)16(19)20/h4-5,7,9H,3,6,8H2,1-2H3,(H,17,18). The normalized spacial score (nSPS) is 12.4. The number of hydrogen-bond donors (Lipinski definition) is 1. The van der Waals surface area contributed by atoms with Gasteiger partial charge in [0.1, 0.15) is 0 Å². The molecule has 1 N–H and O–H groups in total. The van der Waals surface area contributed by atoms with E-state index in [0.29, 0.717) is 23.7 Å². The smallest absolute Gasteiger partial charge is 0.304 e. The molecule has 1 atom stereocenters. The second-order valence-electron chi connectivity index (χ2n) is 4.54. The molecule has 0 aliphatic rings. The van der Waals surface area contributed by atoms with Gasteiger partial charge in [0.25, 0.3) is 5.69 Å². The lowest BCUT2D eigenvalue weighted by molar-refractivity contribution is -0.385. The number of nitro benzene ring substituents is 1. The van der Waals surface area contributed by atoms with Crippen LogP contribution in [-0.2, 0) is 11.3 Å². The average molecular weight is 301 g/mol. The highest BCUT2D eigenvalue weighted by Gasteiger charge is 2.20. The van der Waals surface area contributed by atoms with Gasteiger partial charge in [-0.25, -0.2) is 0 Å². The molecule has 1 aromatic rings. The highest BCUT2D eigenvalue weighted by atomic mass is 35.5. The summed E-state index contributed by atoms with van der Waals surface area (Å²) in [6.45, 7) is 4.56. The fraction of sp³-hybridized carbons (Fsp3) is 0.462. The first kappa shape index (κ1) is 16.4. The van der Waals surface area contributed by atoms with Crippen molar-refractivity contribution in [3.8, 4) is 0 Å². The fourth-order valence-corrected chi connectivity index (χ4v) is 2.23. The Bertz CT molecular complexity index is 507. The molecule has 0 amide bonds. The maximum absolute atomic E-state index is 11.0. The summed E-state index contributed by atoms with van der Waals surface area (Å²) in [5, 5.41) is 20.2. The van der Waals surface area contributed by atoms with E-state index >= 15 is 0 Å². The third kappa shape index (κ3) is 4.47. The lowest BCUT2D eigenvalue weighted by Gasteiger charge is -2.26. The van der Waals surface area contributed by atoms with Crippen molar-refractivity contribution in [2.45, 2.75) is 32.9 Å². The van der Waals surface area contributed by atoms with E-state index in [0.717, 1.165) is 0 Å². The minimum atomic E-state index is -0.892. The van der Waals surface area contributed by atoms with Crippen LogP contribution < -0.4 is 0 Å². The minimum Gasteiger partial charge on any atom is -0.481 e. The average Bonchev–Trinajstić information content (AvgIpc) is 2.34. The molecule has 0 aromatic heterocycles. The van der Waals surface area contributed by atoms with Crippen LogP contribution in [0.25, 0.3) is 0 Å². The zero-order chi connectivity index (χ0) is 15.3. The molecular formula is C13H17ClN2O4. The molecule has 0 saturated carbocycles. The van der Waals surface area contributed by atoms with Crippen LogP contribution in [0.2, 0.25) is 5.02 Å². The molecule has 6 nitrogen and oxygen atoms in total. The van der Waals surface area contributed by atoms with E-state index in [1.807, 2.05) is 11.8 Å². The van der Waals surface area contributed by atoms with Crippen LogP contribution in [-0.4, -0.2) is 33.5 Å². The second kappa shape index (κ2) is 7.21. The van der Waals surface area contributed by atoms with Crippen molar-refractivity contribution in [1.29, 1.82) is 0 Å². The number of halogens is 1. The second-order valence-corrected chi connectivity index (χ2v) is 4.98. The molecule has 0 aliphatic carbocycles. The third-order valence-corrected chi connectivity index (χ3v) is 3.35. The molecule has 0 aliphatic heterocycles. The molecule has 1 rings (SSSR count). The maximum Gasteiger partial charge on any atom is 0.304 e. The number of rotatable bonds is 7. The number of carbonyl (C=O) groups is 1. The SMILES string of the molecule is CCN(Cc1cc(Cl)ccc1[N+](=O)[O-])C(C)CC(=O)O. The first-order chi connectivity index (χ1) is 9.35. The van der Waals surface area contributed by atoms with E-state index in [-0.39, 0.29) is 18.2 Å². The number of carboxylic acids is 1. The Hall–Kier alpha value is -1.66. The number of hydrogen-bond acceptors (Lipinski definition) is 4. The van der Waals surface area contributed by atoms with Crippen LogP contribution >= 0.6 is 11.6 Å². The van der Waals surface area contributed by atoms with E-state index in [9.17, 15) is 14.9 Å². The van der Waals surface area contributed by atoms with Crippen LogP contribution in [0.5, 0.6) is 0 Å². The number of carboxylic acid groups (broad SMARTS) is 1. The summed E-state index contributed by atoms with van der Waals surface area (Å²) in [6, 6.07) is 4.18. The Kier molecular flexibility index (Phi) is 5.91.